The van der Waals surface area contributed by atoms with Crippen LogP contribution in [0.15, 0.2) is 59.8 Å². The second-order valence-electron chi connectivity index (χ2n) is 6.87. The Labute approximate surface area is 179 Å². The van der Waals surface area contributed by atoms with Gasteiger partial charge in [-0.15, -0.1) is 10.2 Å². The van der Waals surface area contributed by atoms with Gasteiger partial charge in [0.15, 0.2) is 5.82 Å². The molecule has 1 fully saturated rings. The Morgan fingerprint density at radius 1 is 1.03 bits per heavy atom. The number of carbonyl (C=O) groups excluding carboxylic acids is 1. The zero-order valence-electron chi connectivity index (χ0n) is 16.8. The third kappa shape index (κ3) is 4.20. The molecular formula is C21H24N6O2S. The minimum absolute atomic E-state index is 0.0783. The van der Waals surface area contributed by atoms with Gasteiger partial charge in [-0.25, -0.2) is 4.68 Å². The number of anilines is 1. The second kappa shape index (κ2) is 9.08. The first-order valence-corrected chi connectivity index (χ1v) is 10.7. The number of amides is 1. The molecule has 0 spiro atoms. The molecular weight excluding hydrogens is 400 g/mol. The molecule has 0 atom stereocenters. The number of nitrogens with two attached hydrogens (primary N) is 1. The normalized spacial score (nSPS) is 14.0. The molecule has 1 aliphatic rings. The molecule has 2 N–H and O–H groups in total. The number of aromatic nitrogens is 3. The molecule has 1 amide bonds. The minimum atomic E-state index is 0.0783. The summed E-state index contributed by atoms with van der Waals surface area (Å²) < 4.78 is 6.78. The molecule has 3 aromatic rings. The number of thioether (sulfide) groups is 1. The molecule has 0 bridgehead atoms. The maximum absolute atomic E-state index is 12.7. The van der Waals surface area contributed by atoms with E-state index in [0.717, 1.165) is 18.7 Å². The van der Waals surface area contributed by atoms with Crippen LogP contribution in [-0.4, -0.2) is 64.7 Å². The average molecular weight is 425 g/mol. The molecule has 9 heteroatoms. The highest BCUT2D eigenvalue weighted by Crippen LogP contribution is 2.29. The van der Waals surface area contributed by atoms with E-state index in [1.165, 1.54) is 22.1 Å². The summed E-state index contributed by atoms with van der Waals surface area (Å²) in [6, 6.07) is 17.8. The number of hydrogen-bond donors (Lipinski definition) is 1. The predicted molar refractivity (Wildman–Crippen MR) is 118 cm³/mol. The number of nitrogen functional groups attached to an aromatic ring is 1. The van der Waals surface area contributed by atoms with Gasteiger partial charge >= 0.3 is 0 Å². The van der Waals surface area contributed by atoms with E-state index in [1.807, 2.05) is 47.4 Å². The van der Waals surface area contributed by atoms with Gasteiger partial charge in [0.2, 0.25) is 11.1 Å². The number of methoxy groups -OCH3 is 1. The largest absolute Gasteiger partial charge is 0.496 e. The molecule has 0 aliphatic carbocycles. The van der Waals surface area contributed by atoms with Crippen LogP contribution in [0.5, 0.6) is 5.75 Å². The van der Waals surface area contributed by atoms with Crippen molar-refractivity contribution in [3.05, 3.63) is 54.6 Å². The Morgan fingerprint density at radius 3 is 2.47 bits per heavy atom. The highest BCUT2D eigenvalue weighted by Gasteiger charge is 2.22. The Balaban J connectivity index is 1.34. The van der Waals surface area contributed by atoms with Gasteiger partial charge in [-0.3, -0.25) is 4.79 Å². The summed E-state index contributed by atoms with van der Waals surface area (Å²) in [7, 11) is 1.60. The van der Waals surface area contributed by atoms with Crippen LogP contribution in [0.2, 0.25) is 0 Å². The van der Waals surface area contributed by atoms with Crippen molar-refractivity contribution >= 4 is 23.4 Å². The number of rotatable bonds is 6. The number of hydrogen-bond acceptors (Lipinski definition) is 7. The van der Waals surface area contributed by atoms with Gasteiger partial charge in [-0.1, -0.05) is 42.1 Å². The van der Waals surface area contributed by atoms with Crippen LogP contribution in [-0.2, 0) is 4.79 Å². The molecule has 0 radical (unpaired) electrons. The van der Waals surface area contributed by atoms with Crippen LogP contribution in [0.4, 0.5) is 5.69 Å². The van der Waals surface area contributed by atoms with Crippen molar-refractivity contribution in [1.29, 1.82) is 0 Å². The van der Waals surface area contributed by atoms with Gasteiger partial charge in [0.05, 0.1) is 18.4 Å². The fraction of sp³-hybridized carbons (Fsp3) is 0.286. The SMILES string of the molecule is COc1ccccc1-c1nnc(SCC(=O)N2CCN(c3ccccc3)CC2)n1N. The number of piperazine rings is 1. The van der Waals surface area contributed by atoms with Crippen molar-refractivity contribution < 1.29 is 9.53 Å². The fourth-order valence-corrected chi connectivity index (χ4v) is 4.22. The lowest BCUT2D eigenvalue weighted by atomic mass is 10.2. The van der Waals surface area contributed by atoms with E-state index in [2.05, 4.69) is 27.2 Å². The summed E-state index contributed by atoms with van der Waals surface area (Å²) in [6.07, 6.45) is 0. The molecule has 4 rings (SSSR count). The van der Waals surface area contributed by atoms with Crippen molar-refractivity contribution in [3.8, 4) is 17.1 Å². The van der Waals surface area contributed by atoms with Crippen LogP contribution in [0, 0.1) is 0 Å². The first kappa shape index (κ1) is 20.1. The van der Waals surface area contributed by atoms with Gasteiger partial charge in [0, 0.05) is 31.9 Å². The van der Waals surface area contributed by atoms with E-state index in [4.69, 9.17) is 10.6 Å². The average Bonchev–Trinajstić information content (AvgIpc) is 3.18. The van der Waals surface area contributed by atoms with Crippen molar-refractivity contribution in [2.45, 2.75) is 5.16 Å². The van der Waals surface area contributed by atoms with Crippen molar-refractivity contribution in [2.75, 3.05) is 49.8 Å². The number of benzene rings is 2. The Kier molecular flexibility index (Phi) is 6.08. The quantitative estimate of drug-likeness (QED) is 0.479. The Bertz CT molecular complexity index is 1000. The summed E-state index contributed by atoms with van der Waals surface area (Å²) >= 11 is 1.29. The third-order valence-electron chi connectivity index (χ3n) is 5.09. The lowest BCUT2D eigenvalue weighted by molar-refractivity contribution is -0.128. The summed E-state index contributed by atoms with van der Waals surface area (Å²) in [4.78, 5) is 16.9. The monoisotopic (exact) mass is 424 g/mol. The maximum atomic E-state index is 12.7. The van der Waals surface area contributed by atoms with Crippen LogP contribution in [0.25, 0.3) is 11.4 Å². The molecule has 156 valence electrons. The Hall–Kier alpha value is -3.20. The standard InChI is InChI=1S/C21H24N6O2S/c1-29-18-10-6-5-9-17(18)20-23-24-21(27(20)22)30-15-19(28)26-13-11-25(12-14-26)16-7-3-2-4-8-16/h2-10H,11-15,22H2,1H3. The van der Waals surface area contributed by atoms with Crippen molar-refractivity contribution in [2.24, 2.45) is 0 Å². The predicted octanol–water partition coefficient (Wildman–Crippen LogP) is 2.11. The molecule has 2 heterocycles. The van der Waals surface area contributed by atoms with Gasteiger partial charge in [-0.05, 0) is 24.3 Å². The zero-order valence-corrected chi connectivity index (χ0v) is 17.6. The molecule has 1 aromatic heterocycles. The summed E-state index contributed by atoms with van der Waals surface area (Å²) in [5, 5.41) is 8.83. The van der Waals surface area contributed by atoms with Crippen molar-refractivity contribution in [1.82, 2.24) is 19.8 Å². The zero-order chi connectivity index (χ0) is 20.9. The molecule has 30 heavy (non-hydrogen) atoms. The molecule has 1 aliphatic heterocycles. The second-order valence-corrected chi connectivity index (χ2v) is 7.81. The van der Waals surface area contributed by atoms with E-state index in [0.29, 0.717) is 29.8 Å². The molecule has 0 unspecified atom stereocenters. The molecule has 8 nitrogen and oxygen atoms in total. The first-order valence-electron chi connectivity index (χ1n) is 9.72. The summed E-state index contributed by atoms with van der Waals surface area (Å²) in [6.45, 7) is 3.06. The molecule has 2 aromatic carbocycles. The lowest BCUT2D eigenvalue weighted by Gasteiger charge is -2.36. The maximum Gasteiger partial charge on any atom is 0.233 e. The van der Waals surface area contributed by atoms with Gasteiger partial charge in [0.25, 0.3) is 0 Å². The summed E-state index contributed by atoms with van der Waals surface area (Å²) in [5.74, 6) is 7.70. The van der Waals surface area contributed by atoms with E-state index < -0.39 is 0 Å². The van der Waals surface area contributed by atoms with Gasteiger partial charge in [0.1, 0.15) is 5.75 Å². The highest BCUT2D eigenvalue weighted by molar-refractivity contribution is 7.99. The van der Waals surface area contributed by atoms with Crippen LogP contribution in [0.1, 0.15) is 0 Å². The van der Waals surface area contributed by atoms with Gasteiger partial charge < -0.3 is 20.4 Å². The number of nitrogens with zero attached hydrogens (tertiary/aromatic N) is 5. The first-order chi connectivity index (χ1) is 14.7. The lowest BCUT2D eigenvalue weighted by Crippen LogP contribution is -2.49. The third-order valence-corrected chi connectivity index (χ3v) is 6.02. The number of para-hydroxylation sites is 2. The van der Waals surface area contributed by atoms with E-state index in [1.54, 1.807) is 7.11 Å². The fourth-order valence-electron chi connectivity index (χ4n) is 3.46. The smallest absolute Gasteiger partial charge is 0.233 e. The summed E-state index contributed by atoms with van der Waals surface area (Å²) in [5.41, 5.74) is 1.95. The Morgan fingerprint density at radius 2 is 1.73 bits per heavy atom. The topological polar surface area (TPSA) is 89.5 Å². The van der Waals surface area contributed by atoms with Gasteiger partial charge in [-0.2, -0.15) is 0 Å². The van der Waals surface area contributed by atoms with E-state index in [9.17, 15) is 4.79 Å². The highest BCUT2D eigenvalue weighted by atomic mass is 32.2. The van der Waals surface area contributed by atoms with Crippen LogP contribution >= 0.6 is 11.8 Å². The minimum Gasteiger partial charge on any atom is -0.496 e. The molecule has 1 saturated heterocycles. The van der Waals surface area contributed by atoms with Crippen molar-refractivity contribution in [3.63, 3.8) is 0 Å². The number of carbonyl (C=O) groups is 1. The van der Waals surface area contributed by atoms with Crippen LogP contribution in [0.3, 0.4) is 0 Å². The molecule has 0 saturated carbocycles. The number of ether oxygens (including phenoxy) is 1. The van der Waals surface area contributed by atoms with Crippen LogP contribution < -0.4 is 15.5 Å². The van der Waals surface area contributed by atoms with E-state index >= 15 is 0 Å². The van der Waals surface area contributed by atoms with E-state index in [-0.39, 0.29) is 11.7 Å².